The molecule has 5 heteroatoms. The Morgan fingerprint density at radius 1 is 1.10 bits per heavy atom. The zero-order chi connectivity index (χ0) is 13.8. The Kier molecular flexibility index (Phi) is 4.14. The Balaban J connectivity index is 1.71. The highest BCUT2D eigenvalue weighted by Gasteiger charge is 2.12. The molecule has 0 bridgehead atoms. The van der Waals surface area contributed by atoms with Crippen molar-refractivity contribution in [2.75, 3.05) is 18.4 Å². The van der Waals surface area contributed by atoms with E-state index in [-0.39, 0.29) is 0 Å². The van der Waals surface area contributed by atoms with Gasteiger partial charge in [-0.15, -0.1) is 5.10 Å². The maximum Gasteiger partial charge on any atom is 0.152 e. The molecule has 2 N–H and O–H groups in total. The summed E-state index contributed by atoms with van der Waals surface area (Å²) in [5, 5.41) is 15.0. The molecular weight excluding hydrogens is 272 g/mol. The summed E-state index contributed by atoms with van der Waals surface area (Å²) < 4.78 is 0. The second-order valence-corrected chi connectivity index (χ2v) is 5.40. The lowest BCUT2D eigenvalue weighted by Crippen LogP contribution is -2.35. The molecule has 1 fully saturated rings. The van der Waals surface area contributed by atoms with Crippen molar-refractivity contribution in [1.82, 2.24) is 15.5 Å². The van der Waals surface area contributed by atoms with Crippen molar-refractivity contribution in [1.29, 1.82) is 0 Å². The van der Waals surface area contributed by atoms with Crippen molar-refractivity contribution >= 4 is 17.3 Å². The Bertz CT molecular complexity index is 564. The average molecular weight is 289 g/mol. The van der Waals surface area contributed by atoms with Gasteiger partial charge in [-0.2, -0.15) is 5.10 Å². The molecule has 1 saturated heterocycles. The van der Waals surface area contributed by atoms with E-state index in [9.17, 15) is 0 Å². The van der Waals surface area contributed by atoms with Crippen molar-refractivity contribution < 1.29 is 0 Å². The summed E-state index contributed by atoms with van der Waals surface area (Å²) in [5.74, 6) is 0. The number of piperidine rings is 1. The average Bonchev–Trinajstić information content (AvgIpc) is 2.49. The summed E-state index contributed by atoms with van der Waals surface area (Å²) in [4.78, 5) is 0. The zero-order valence-electron chi connectivity index (χ0n) is 11.1. The van der Waals surface area contributed by atoms with Gasteiger partial charge in [0.25, 0.3) is 0 Å². The molecule has 20 heavy (non-hydrogen) atoms. The smallest absolute Gasteiger partial charge is 0.152 e. The molecule has 1 aromatic heterocycles. The van der Waals surface area contributed by atoms with E-state index in [1.165, 1.54) is 12.8 Å². The lowest BCUT2D eigenvalue weighted by molar-refractivity contribution is 0.479. The van der Waals surface area contributed by atoms with Crippen LogP contribution in [0.15, 0.2) is 36.5 Å². The van der Waals surface area contributed by atoms with Gasteiger partial charge in [0.05, 0.1) is 6.20 Å². The fourth-order valence-electron chi connectivity index (χ4n) is 2.46. The minimum Gasteiger partial charge on any atom is -0.382 e. The first-order valence-electron chi connectivity index (χ1n) is 6.87. The first-order chi connectivity index (χ1) is 9.81. The predicted octanol–water partition coefficient (Wildman–Crippen LogP) is 2.96. The van der Waals surface area contributed by atoms with Gasteiger partial charge in [0, 0.05) is 17.3 Å². The highest BCUT2D eigenvalue weighted by atomic mass is 35.5. The molecule has 3 rings (SSSR count). The van der Waals surface area contributed by atoms with E-state index in [2.05, 4.69) is 45.1 Å². The number of benzene rings is 1. The van der Waals surface area contributed by atoms with Gasteiger partial charge in [0.15, 0.2) is 5.15 Å². The highest BCUT2D eigenvalue weighted by molar-refractivity contribution is 6.29. The van der Waals surface area contributed by atoms with Crippen LogP contribution in [0.1, 0.15) is 12.8 Å². The molecule has 0 radical (unpaired) electrons. The molecule has 0 spiro atoms. The van der Waals surface area contributed by atoms with Crippen molar-refractivity contribution in [2.45, 2.75) is 18.9 Å². The Morgan fingerprint density at radius 2 is 1.85 bits per heavy atom. The predicted molar refractivity (Wildman–Crippen MR) is 82.0 cm³/mol. The normalized spacial score (nSPS) is 16.1. The molecular formula is C15H17ClN4. The van der Waals surface area contributed by atoms with Crippen LogP contribution >= 0.6 is 11.6 Å². The number of anilines is 1. The highest BCUT2D eigenvalue weighted by Crippen LogP contribution is 2.23. The lowest BCUT2D eigenvalue weighted by Gasteiger charge is -2.24. The van der Waals surface area contributed by atoms with E-state index in [1.807, 2.05) is 6.07 Å². The summed E-state index contributed by atoms with van der Waals surface area (Å²) in [6, 6.07) is 10.8. The first-order valence-corrected chi connectivity index (χ1v) is 7.25. The van der Waals surface area contributed by atoms with Crippen LogP contribution in [-0.2, 0) is 0 Å². The molecule has 1 aliphatic heterocycles. The van der Waals surface area contributed by atoms with Crippen LogP contribution in [0, 0.1) is 0 Å². The molecule has 0 aliphatic carbocycles. The number of aromatic nitrogens is 2. The van der Waals surface area contributed by atoms with Gasteiger partial charge in [-0.1, -0.05) is 23.7 Å². The summed E-state index contributed by atoms with van der Waals surface area (Å²) in [6.45, 7) is 2.19. The number of hydrogen-bond donors (Lipinski definition) is 2. The fraction of sp³-hybridized carbons (Fsp3) is 0.333. The van der Waals surface area contributed by atoms with Crippen molar-refractivity contribution in [2.24, 2.45) is 0 Å². The van der Waals surface area contributed by atoms with Gasteiger partial charge in [0.2, 0.25) is 0 Å². The molecule has 2 heterocycles. The van der Waals surface area contributed by atoms with Crippen molar-refractivity contribution in [3.63, 3.8) is 0 Å². The van der Waals surface area contributed by atoms with Crippen LogP contribution in [0.3, 0.4) is 0 Å². The summed E-state index contributed by atoms with van der Waals surface area (Å²) in [6.07, 6.45) is 4.07. The molecule has 0 atom stereocenters. The number of nitrogens with zero attached hydrogens (tertiary/aromatic N) is 2. The van der Waals surface area contributed by atoms with Gasteiger partial charge in [-0.25, -0.2) is 0 Å². The molecule has 1 aromatic carbocycles. The van der Waals surface area contributed by atoms with Gasteiger partial charge < -0.3 is 10.6 Å². The fourth-order valence-corrected chi connectivity index (χ4v) is 2.62. The molecule has 1 aliphatic rings. The van der Waals surface area contributed by atoms with Gasteiger partial charge in [-0.3, -0.25) is 0 Å². The zero-order valence-corrected chi connectivity index (χ0v) is 11.9. The van der Waals surface area contributed by atoms with Gasteiger partial charge in [0.1, 0.15) is 0 Å². The second kappa shape index (κ2) is 6.20. The topological polar surface area (TPSA) is 49.8 Å². The van der Waals surface area contributed by atoms with E-state index < -0.39 is 0 Å². The van der Waals surface area contributed by atoms with Crippen LogP contribution in [0.25, 0.3) is 11.1 Å². The van der Waals surface area contributed by atoms with Crippen LogP contribution in [0.4, 0.5) is 5.69 Å². The molecule has 0 saturated carbocycles. The van der Waals surface area contributed by atoms with E-state index in [1.54, 1.807) is 6.20 Å². The van der Waals surface area contributed by atoms with Crippen molar-refractivity contribution in [3.05, 3.63) is 41.7 Å². The third kappa shape index (κ3) is 3.26. The maximum absolute atomic E-state index is 5.86. The van der Waals surface area contributed by atoms with Crippen LogP contribution in [-0.4, -0.2) is 29.3 Å². The lowest BCUT2D eigenvalue weighted by atomic mass is 10.1. The molecule has 104 valence electrons. The number of nitrogens with one attached hydrogen (secondary N) is 2. The number of rotatable bonds is 3. The largest absolute Gasteiger partial charge is 0.382 e. The quantitative estimate of drug-likeness (QED) is 0.912. The Hall–Kier alpha value is -1.65. The molecule has 0 unspecified atom stereocenters. The molecule has 4 nitrogen and oxygen atoms in total. The third-order valence-corrected chi connectivity index (χ3v) is 3.74. The van der Waals surface area contributed by atoms with Gasteiger partial charge >= 0.3 is 0 Å². The summed E-state index contributed by atoms with van der Waals surface area (Å²) in [5.41, 5.74) is 3.24. The van der Waals surface area contributed by atoms with E-state index in [0.29, 0.717) is 11.2 Å². The SMILES string of the molecule is Clc1cc(-c2ccc(NC3CCNCC3)cc2)cnn1. The molecule has 0 amide bonds. The monoisotopic (exact) mass is 288 g/mol. The molecule has 2 aromatic rings. The Labute approximate surface area is 123 Å². The maximum atomic E-state index is 5.86. The van der Waals surface area contributed by atoms with Crippen LogP contribution in [0.5, 0.6) is 0 Å². The van der Waals surface area contributed by atoms with E-state index in [4.69, 9.17) is 11.6 Å². The van der Waals surface area contributed by atoms with Crippen LogP contribution in [0.2, 0.25) is 5.15 Å². The first kappa shape index (κ1) is 13.3. The third-order valence-electron chi connectivity index (χ3n) is 3.55. The standard InChI is InChI=1S/C15H17ClN4/c16-15-9-12(10-18-20-15)11-1-3-13(4-2-11)19-14-5-7-17-8-6-14/h1-4,9-10,14,17,19H,5-8H2. The van der Waals surface area contributed by atoms with Crippen LogP contribution < -0.4 is 10.6 Å². The number of halogens is 1. The minimum atomic E-state index is 0.416. The number of hydrogen-bond acceptors (Lipinski definition) is 4. The summed E-state index contributed by atoms with van der Waals surface area (Å²) in [7, 11) is 0. The van der Waals surface area contributed by atoms with Gasteiger partial charge in [-0.05, 0) is 49.7 Å². The minimum absolute atomic E-state index is 0.416. The van der Waals surface area contributed by atoms with E-state index in [0.717, 1.165) is 29.9 Å². The summed E-state index contributed by atoms with van der Waals surface area (Å²) >= 11 is 5.86. The van der Waals surface area contributed by atoms with E-state index >= 15 is 0 Å². The second-order valence-electron chi connectivity index (χ2n) is 5.01. The van der Waals surface area contributed by atoms with Crippen molar-refractivity contribution in [3.8, 4) is 11.1 Å². The Morgan fingerprint density at radius 3 is 2.55 bits per heavy atom.